The van der Waals surface area contributed by atoms with Crippen LogP contribution in [-0.2, 0) is 16.0 Å². The van der Waals surface area contributed by atoms with E-state index in [1.54, 1.807) is 0 Å². The summed E-state index contributed by atoms with van der Waals surface area (Å²) in [6.45, 7) is 0. The Morgan fingerprint density at radius 2 is 1.32 bits per heavy atom. The van der Waals surface area contributed by atoms with E-state index in [-0.39, 0.29) is 11.8 Å². The van der Waals surface area contributed by atoms with Crippen molar-refractivity contribution in [2.45, 2.75) is 18.4 Å². The predicted molar refractivity (Wildman–Crippen MR) is 151 cm³/mol. The first-order valence-corrected chi connectivity index (χ1v) is 12.9. The number of para-hydroxylation sites is 1. The second kappa shape index (κ2) is 11.3. The molecule has 5 rings (SSSR count). The molecule has 0 aliphatic carbocycles. The minimum atomic E-state index is -0.787. The Bertz CT molecular complexity index is 1460. The molecule has 0 spiro atoms. The largest absolute Gasteiger partial charge is 0.361 e. The molecule has 5 nitrogen and oxygen atoms in total. The van der Waals surface area contributed by atoms with Gasteiger partial charge in [0, 0.05) is 33.7 Å². The molecule has 0 aliphatic rings. The molecule has 0 fully saturated rings. The fraction of sp³-hybridized carbons (Fsp3) is 0.0968. The van der Waals surface area contributed by atoms with Crippen molar-refractivity contribution in [3.63, 3.8) is 0 Å². The minimum Gasteiger partial charge on any atom is -0.361 e. The maximum atomic E-state index is 13.8. The first kappa shape index (κ1) is 24.5. The fourth-order valence-electron chi connectivity index (χ4n) is 4.53. The highest BCUT2D eigenvalue weighted by atomic mass is 79.9. The van der Waals surface area contributed by atoms with Crippen LogP contribution in [0.1, 0.15) is 22.6 Å². The van der Waals surface area contributed by atoms with Crippen LogP contribution in [0.2, 0.25) is 0 Å². The van der Waals surface area contributed by atoms with Gasteiger partial charge >= 0.3 is 0 Å². The monoisotopic (exact) mass is 551 g/mol. The van der Waals surface area contributed by atoms with E-state index in [0.29, 0.717) is 12.1 Å². The smallest absolute Gasteiger partial charge is 0.247 e. The first-order chi connectivity index (χ1) is 18.1. The third-order valence-corrected chi connectivity index (χ3v) is 6.90. The van der Waals surface area contributed by atoms with Gasteiger partial charge in [-0.3, -0.25) is 9.59 Å². The van der Waals surface area contributed by atoms with Gasteiger partial charge in [0.1, 0.15) is 6.04 Å². The number of halogens is 1. The van der Waals surface area contributed by atoms with Crippen LogP contribution in [0.5, 0.6) is 0 Å². The number of benzene rings is 4. The Balaban J connectivity index is 1.46. The predicted octanol–water partition coefficient (Wildman–Crippen LogP) is 6.43. The van der Waals surface area contributed by atoms with E-state index < -0.39 is 12.0 Å². The van der Waals surface area contributed by atoms with Gasteiger partial charge in [0.05, 0.1) is 5.92 Å². The van der Waals surface area contributed by atoms with Gasteiger partial charge in [-0.15, -0.1) is 0 Å². The van der Waals surface area contributed by atoms with E-state index in [1.165, 1.54) is 0 Å². The number of amides is 2. The number of anilines is 1. The standard InChI is InChI=1S/C31H26BrN3O2/c32-24-15-17-25(18-16-24)34-30(36)28(19-23-20-33-27-14-8-7-13-26(23)27)35-31(37)29(21-9-3-1-4-10-21)22-11-5-2-6-12-22/h1-18,20,28-29,33H,19H2,(H,34,36)(H,35,37)/t28-/m0/s1. The third kappa shape index (κ3) is 5.81. The number of rotatable bonds is 8. The van der Waals surface area contributed by atoms with Gasteiger partial charge in [0.2, 0.25) is 11.8 Å². The summed E-state index contributed by atoms with van der Waals surface area (Å²) in [5.41, 5.74) is 4.34. The van der Waals surface area contributed by atoms with Gasteiger partial charge in [0.25, 0.3) is 0 Å². The summed E-state index contributed by atoms with van der Waals surface area (Å²) in [6, 6.07) is 33.8. The molecule has 0 aliphatic heterocycles. The average molecular weight is 552 g/mol. The Morgan fingerprint density at radius 3 is 1.97 bits per heavy atom. The number of fused-ring (bicyclic) bond motifs is 1. The van der Waals surface area contributed by atoms with E-state index in [9.17, 15) is 9.59 Å². The summed E-state index contributed by atoms with van der Waals surface area (Å²) >= 11 is 3.42. The van der Waals surface area contributed by atoms with Crippen molar-refractivity contribution in [1.82, 2.24) is 10.3 Å². The molecule has 0 saturated heterocycles. The van der Waals surface area contributed by atoms with Crippen LogP contribution in [0.15, 0.2) is 120 Å². The molecular weight excluding hydrogens is 526 g/mol. The molecule has 37 heavy (non-hydrogen) atoms. The summed E-state index contributed by atoms with van der Waals surface area (Å²) in [5.74, 6) is -1.05. The number of hydrogen-bond acceptors (Lipinski definition) is 2. The van der Waals surface area contributed by atoms with Crippen molar-refractivity contribution in [2.24, 2.45) is 0 Å². The molecule has 0 unspecified atom stereocenters. The summed E-state index contributed by atoms with van der Waals surface area (Å²) in [7, 11) is 0. The number of H-pyrrole nitrogens is 1. The molecular formula is C31H26BrN3O2. The molecule has 0 radical (unpaired) electrons. The van der Waals surface area contributed by atoms with Gasteiger partial charge in [-0.2, -0.15) is 0 Å². The van der Waals surface area contributed by atoms with Crippen molar-refractivity contribution >= 4 is 44.3 Å². The van der Waals surface area contributed by atoms with Crippen LogP contribution in [0.3, 0.4) is 0 Å². The number of carbonyl (C=O) groups excluding carboxylic acids is 2. The first-order valence-electron chi connectivity index (χ1n) is 12.1. The molecule has 2 amide bonds. The van der Waals surface area contributed by atoms with Crippen molar-refractivity contribution in [1.29, 1.82) is 0 Å². The molecule has 0 saturated carbocycles. The third-order valence-electron chi connectivity index (χ3n) is 6.37. The van der Waals surface area contributed by atoms with Gasteiger partial charge < -0.3 is 15.6 Å². The number of hydrogen-bond donors (Lipinski definition) is 3. The molecule has 5 aromatic rings. The van der Waals surface area contributed by atoms with Crippen molar-refractivity contribution < 1.29 is 9.59 Å². The maximum Gasteiger partial charge on any atom is 0.247 e. The number of nitrogens with one attached hydrogen (secondary N) is 3. The van der Waals surface area contributed by atoms with Crippen LogP contribution in [0.25, 0.3) is 10.9 Å². The average Bonchev–Trinajstić information content (AvgIpc) is 3.34. The summed E-state index contributed by atoms with van der Waals surface area (Å²) in [4.78, 5) is 30.7. The minimum absolute atomic E-state index is 0.229. The highest BCUT2D eigenvalue weighted by Crippen LogP contribution is 2.26. The van der Waals surface area contributed by atoms with Gasteiger partial charge in [-0.25, -0.2) is 0 Å². The second-order valence-corrected chi connectivity index (χ2v) is 9.79. The van der Waals surface area contributed by atoms with E-state index in [1.807, 2.05) is 115 Å². The fourth-order valence-corrected chi connectivity index (χ4v) is 4.80. The van der Waals surface area contributed by atoms with Crippen LogP contribution in [0.4, 0.5) is 5.69 Å². The molecule has 1 aromatic heterocycles. The normalized spacial score (nSPS) is 11.8. The summed E-state index contributed by atoms with van der Waals surface area (Å²) in [5, 5.41) is 7.07. The zero-order chi connectivity index (χ0) is 25.6. The van der Waals surface area contributed by atoms with Crippen LogP contribution >= 0.6 is 15.9 Å². The SMILES string of the molecule is O=C(N[C@@H](Cc1c[nH]c2ccccc12)C(=O)Nc1ccc(Br)cc1)C(c1ccccc1)c1ccccc1. The highest BCUT2D eigenvalue weighted by molar-refractivity contribution is 9.10. The summed E-state index contributed by atoms with van der Waals surface area (Å²) < 4.78 is 0.919. The zero-order valence-corrected chi connectivity index (χ0v) is 21.6. The van der Waals surface area contributed by atoms with Gasteiger partial charge in [0.15, 0.2) is 0 Å². The van der Waals surface area contributed by atoms with Gasteiger partial charge in [-0.1, -0.05) is 94.8 Å². The molecule has 184 valence electrons. The zero-order valence-electron chi connectivity index (χ0n) is 20.0. The van der Waals surface area contributed by atoms with Gasteiger partial charge in [-0.05, 0) is 47.0 Å². The lowest BCUT2D eigenvalue weighted by atomic mass is 9.90. The topological polar surface area (TPSA) is 74.0 Å². The second-order valence-electron chi connectivity index (χ2n) is 8.88. The summed E-state index contributed by atoms with van der Waals surface area (Å²) in [6.07, 6.45) is 2.25. The quantitative estimate of drug-likeness (QED) is 0.208. The van der Waals surface area contributed by atoms with Crippen LogP contribution in [-0.4, -0.2) is 22.8 Å². The van der Waals surface area contributed by atoms with Crippen molar-refractivity contribution in [3.8, 4) is 0 Å². The maximum absolute atomic E-state index is 13.8. The van der Waals surface area contributed by atoms with E-state index in [2.05, 4.69) is 31.5 Å². The van der Waals surface area contributed by atoms with Crippen LogP contribution in [0, 0.1) is 0 Å². The molecule has 4 aromatic carbocycles. The number of aromatic amines is 1. The van der Waals surface area contributed by atoms with Crippen molar-refractivity contribution in [2.75, 3.05) is 5.32 Å². The lowest BCUT2D eigenvalue weighted by Crippen LogP contribution is -2.47. The van der Waals surface area contributed by atoms with Crippen molar-refractivity contribution in [3.05, 3.63) is 137 Å². The highest BCUT2D eigenvalue weighted by Gasteiger charge is 2.28. The Morgan fingerprint density at radius 1 is 0.730 bits per heavy atom. The van der Waals surface area contributed by atoms with E-state index in [0.717, 1.165) is 32.1 Å². The molecule has 0 bridgehead atoms. The van der Waals surface area contributed by atoms with E-state index >= 15 is 0 Å². The van der Waals surface area contributed by atoms with E-state index in [4.69, 9.17) is 0 Å². The molecule has 3 N–H and O–H groups in total. The lowest BCUT2D eigenvalue weighted by molar-refractivity contribution is -0.126. The molecule has 6 heteroatoms. The molecule has 1 heterocycles. The Kier molecular flexibility index (Phi) is 7.47. The lowest BCUT2D eigenvalue weighted by Gasteiger charge is -2.23. The number of aromatic nitrogens is 1. The molecule has 1 atom stereocenters. The Hall–Kier alpha value is -4.16. The Labute approximate surface area is 224 Å². The van der Waals surface area contributed by atoms with Crippen LogP contribution < -0.4 is 10.6 Å². The number of carbonyl (C=O) groups is 2.